The van der Waals surface area contributed by atoms with Crippen LogP contribution < -0.4 is 15.2 Å². The van der Waals surface area contributed by atoms with Crippen LogP contribution in [0.25, 0.3) is 5.69 Å². The van der Waals surface area contributed by atoms with Crippen molar-refractivity contribution in [2.45, 2.75) is 50.5 Å². The van der Waals surface area contributed by atoms with Crippen molar-refractivity contribution in [1.29, 1.82) is 0 Å². The van der Waals surface area contributed by atoms with E-state index in [1.54, 1.807) is 42.9 Å². The van der Waals surface area contributed by atoms with Gasteiger partial charge in [-0.25, -0.2) is 13.1 Å². The fraction of sp³-hybridized carbons (Fsp3) is 0.375. The van der Waals surface area contributed by atoms with Gasteiger partial charge < -0.3 is 4.90 Å². The molecule has 186 valence electrons. The second kappa shape index (κ2) is 9.57. The number of hydrogen-bond donors (Lipinski definition) is 1. The molecule has 0 aliphatic carbocycles. The number of nitrogens with zero attached hydrogens (tertiary/aromatic N) is 4. The largest absolute Gasteiger partial charge is 0.363 e. The number of para-hydroxylation sites is 1. The van der Waals surface area contributed by atoms with Crippen molar-refractivity contribution in [1.82, 2.24) is 9.36 Å². The molecule has 35 heavy (non-hydrogen) atoms. The van der Waals surface area contributed by atoms with Crippen molar-refractivity contribution in [3.05, 3.63) is 74.7 Å². The molecule has 10 nitrogen and oxygen atoms in total. The Labute approximate surface area is 204 Å². The Morgan fingerprint density at radius 1 is 1.14 bits per heavy atom. The fourth-order valence-corrected chi connectivity index (χ4v) is 5.82. The molecule has 0 amide bonds. The van der Waals surface area contributed by atoms with E-state index in [0.29, 0.717) is 23.6 Å². The Balaban J connectivity index is 1.73. The molecule has 2 aromatic carbocycles. The highest BCUT2D eigenvalue weighted by Gasteiger charge is 2.30. The van der Waals surface area contributed by atoms with E-state index < -0.39 is 20.5 Å². The molecule has 1 unspecified atom stereocenters. The van der Waals surface area contributed by atoms with Gasteiger partial charge in [0.15, 0.2) is 0 Å². The van der Waals surface area contributed by atoms with Gasteiger partial charge in [-0.15, -0.1) is 0 Å². The van der Waals surface area contributed by atoms with Crippen molar-refractivity contribution in [3.8, 4) is 5.69 Å². The summed E-state index contributed by atoms with van der Waals surface area (Å²) in [6, 6.07) is 13.0. The number of aromatic nitrogens is 2. The highest BCUT2D eigenvalue weighted by atomic mass is 32.2. The van der Waals surface area contributed by atoms with Crippen LogP contribution in [-0.2, 0) is 17.1 Å². The number of nitro benzene ring substituents is 1. The Bertz CT molecular complexity index is 1410. The molecule has 1 fully saturated rings. The van der Waals surface area contributed by atoms with Crippen molar-refractivity contribution in [2.75, 3.05) is 16.2 Å². The van der Waals surface area contributed by atoms with Crippen molar-refractivity contribution < 1.29 is 13.3 Å². The molecule has 1 aromatic heterocycles. The highest BCUT2D eigenvalue weighted by molar-refractivity contribution is 7.92. The Morgan fingerprint density at radius 3 is 2.51 bits per heavy atom. The number of rotatable bonds is 7. The van der Waals surface area contributed by atoms with E-state index in [-0.39, 0.29) is 22.3 Å². The van der Waals surface area contributed by atoms with Crippen LogP contribution in [0, 0.1) is 17.0 Å². The zero-order valence-electron chi connectivity index (χ0n) is 20.0. The molecule has 0 spiro atoms. The first-order chi connectivity index (χ1) is 16.7. The minimum Gasteiger partial charge on any atom is -0.363 e. The van der Waals surface area contributed by atoms with Crippen LogP contribution in [0.2, 0.25) is 0 Å². The summed E-state index contributed by atoms with van der Waals surface area (Å²) >= 11 is 0. The maximum Gasteiger partial charge on any atom is 0.296 e. The summed E-state index contributed by atoms with van der Waals surface area (Å²) in [6.45, 7) is 4.36. The van der Waals surface area contributed by atoms with Gasteiger partial charge in [-0.1, -0.05) is 25.1 Å². The van der Waals surface area contributed by atoms with E-state index in [0.717, 1.165) is 31.7 Å². The molecule has 1 atom stereocenters. The zero-order chi connectivity index (χ0) is 25.3. The smallest absolute Gasteiger partial charge is 0.296 e. The summed E-state index contributed by atoms with van der Waals surface area (Å²) in [5, 5.41) is 11.9. The predicted octanol–water partition coefficient (Wildman–Crippen LogP) is 3.96. The molecular weight excluding hydrogens is 470 g/mol. The standard InChI is InChI=1S/C24H29N5O5S/c1-4-18-10-8-9-15-27(18)21-14-13-20(16-22(21)29(31)32)35(33,34)25-23-17(2)26(3)28(24(23)30)19-11-6-5-7-12-19/h5-7,11-14,16,18,25H,4,8-10,15H2,1-3H3. The average molecular weight is 500 g/mol. The van der Waals surface area contributed by atoms with E-state index in [1.165, 1.54) is 16.8 Å². The maximum absolute atomic E-state index is 13.2. The van der Waals surface area contributed by atoms with Gasteiger partial charge in [0.05, 0.1) is 21.2 Å². The first-order valence-electron chi connectivity index (χ1n) is 11.6. The van der Waals surface area contributed by atoms with E-state index in [9.17, 15) is 23.3 Å². The number of nitrogens with one attached hydrogen (secondary N) is 1. The number of hydrogen-bond acceptors (Lipinski definition) is 6. The summed E-state index contributed by atoms with van der Waals surface area (Å²) in [5.41, 5.74) is 0.505. The van der Waals surface area contributed by atoms with E-state index >= 15 is 0 Å². The van der Waals surface area contributed by atoms with Gasteiger partial charge in [-0.3, -0.25) is 24.3 Å². The predicted molar refractivity (Wildman–Crippen MR) is 135 cm³/mol. The van der Waals surface area contributed by atoms with Crippen LogP contribution >= 0.6 is 0 Å². The number of anilines is 2. The second-order valence-corrected chi connectivity index (χ2v) is 10.4. The minimum absolute atomic E-state index is 0.106. The highest BCUT2D eigenvalue weighted by Crippen LogP contribution is 2.36. The van der Waals surface area contributed by atoms with Gasteiger partial charge in [0.1, 0.15) is 11.4 Å². The molecule has 3 aromatic rings. The molecule has 0 saturated carbocycles. The van der Waals surface area contributed by atoms with E-state index in [4.69, 9.17) is 0 Å². The van der Waals surface area contributed by atoms with Gasteiger partial charge in [0.2, 0.25) is 0 Å². The average Bonchev–Trinajstić information content (AvgIpc) is 3.06. The third-order valence-electron chi connectivity index (χ3n) is 6.65. The zero-order valence-corrected chi connectivity index (χ0v) is 20.8. The van der Waals surface area contributed by atoms with Crippen LogP contribution in [0.15, 0.2) is 58.2 Å². The minimum atomic E-state index is -4.27. The molecule has 2 heterocycles. The summed E-state index contributed by atoms with van der Waals surface area (Å²) in [7, 11) is -2.61. The molecule has 0 bridgehead atoms. The molecule has 1 aliphatic rings. The first-order valence-corrected chi connectivity index (χ1v) is 13.1. The maximum atomic E-state index is 13.2. The lowest BCUT2D eigenvalue weighted by Crippen LogP contribution is -2.39. The normalized spacial score (nSPS) is 16.3. The quantitative estimate of drug-likeness (QED) is 0.388. The van der Waals surface area contributed by atoms with Crippen LogP contribution in [-0.4, -0.2) is 35.3 Å². The van der Waals surface area contributed by atoms with Gasteiger partial charge in [-0.2, -0.15) is 0 Å². The number of benzene rings is 2. The summed E-state index contributed by atoms with van der Waals surface area (Å²) in [4.78, 5) is 26.2. The Hall–Kier alpha value is -3.60. The van der Waals surface area contributed by atoms with Crippen LogP contribution in [0.5, 0.6) is 0 Å². The monoisotopic (exact) mass is 499 g/mol. The Morgan fingerprint density at radius 2 is 1.86 bits per heavy atom. The molecular formula is C24H29N5O5S. The van der Waals surface area contributed by atoms with Crippen LogP contribution in [0.4, 0.5) is 17.1 Å². The SMILES string of the molecule is CCC1CCCCN1c1ccc(S(=O)(=O)Nc2c(C)n(C)n(-c3ccccc3)c2=O)cc1[N+](=O)[O-]. The van der Waals surface area contributed by atoms with Gasteiger partial charge in [-0.05, 0) is 56.9 Å². The van der Waals surface area contributed by atoms with Gasteiger partial charge >= 0.3 is 0 Å². The molecule has 1 aliphatic heterocycles. The molecule has 4 rings (SSSR count). The lowest BCUT2D eigenvalue weighted by atomic mass is 9.99. The van der Waals surface area contributed by atoms with Crippen LogP contribution in [0.3, 0.4) is 0 Å². The number of sulfonamides is 1. The third-order valence-corrected chi connectivity index (χ3v) is 8.00. The molecule has 1 saturated heterocycles. The molecule has 1 N–H and O–H groups in total. The first kappa shape index (κ1) is 24.5. The number of piperidine rings is 1. The molecule has 0 radical (unpaired) electrons. The van der Waals surface area contributed by atoms with Crippen molar-refractivity contribution >= 4 is 27.1 Å². The van der Waals surface area contributed by atoms with E-state index in [1.807, 2.05) is 17.9 Å². The molecule has 11 heteroatoms. The summed E-state index contributed by atoms with van der Waals surface area (Å²) in [5.74, 6) is 0. The van der Waals surface area contributed by atoms with E-state index in [2.05, 4.69) is 4.72 Å². The van der Waals surface area contributed by atoms with Crippen LogP contribution in [0.1, 0.15) is 38.3 Å². The van der Waals surface area contributed by atoms with Crippen molar-refractivity contribution in [2.24, 2.45) is 7.05 Å². The van der Waals surface area contributed by atoms with Gasteiger partial charge in [0.25, 0.3) is 21.3 Å². The fourth-order valence-electron chi connectivity index (χ4n) is 4.68. The second-order valence-electron chi connectivity index (χ2n) is 8.70. The number of nitro groups is 1. The summed E-state index contributed by atoms with van der Waals surface area (Å²) in [6.07, 6.45) is 3.78. The third kappa shape index (κ3) is 4.55. The topological polar surface area (TPSA) is 119 Å². The lowest BCUT2D eigenvalue weighted by Gasteiger charge is -2.36. The van der Waals surface area contributed by atoms with Gasteiger partial charge in [0, 0.05) is 25.7 Å². The lowest BCUT2D eigenvalue weighted by molar-refractivity contribution is -0.384. The summed E-state index contributed by atoms with van der Waals surface area (Å²) < 4.78 is 31.8. The van der Waals surface area contributed by atoms with Crippen molar-refractivity contribution in [3.63, 3.8) is 0 Å². The Kier molecular flexibility index (Phi) is 6.70.